The molecule has 5 nitrogen and oxygen atoms in total. The molecule has 0 unspecified atom stereocenters. The summed E-state index contributed by atoms with van der Waals surface area (Å²) in [6.07, 6.45) is 0. The molecular formula is C11H10Cl2FNO4S. The van der Waals surface area contributed by atoms with Crippen molar-refractivity contribution in [3.63, 3.8) is 0 Å². The van der Waals surface area contributed by atoms with E-state index in [2.05, 4.69) is 0 Å². The molecule has 1 aromatic rings. The van der Waals surface area contributed by atoms with Crippen molar-refractivity contribution in [1.82, 2.24) is 4.90 Å². The maximum absolute atomic E-state index is 13.5. The highest BCUT2D eigenvalue weighted by atomic mass is 35.7. The van der Waals surface area contributed by atoms with Gasteiger partial charge in [-0.1, -0.05) is 11.6 Å². The van der Waals surface area contributed by atoms with E-state index in [1.54, 1.807) is 0 Å². The van der Waals surface area contributed by atoms with Crippen LogP contribution in [-0.2, 0) is 13.8 Å². The molecule has 9 heteroatoms. The van der Waals surface area contributed by atoms with Gasteiger partial charge in [-0.25, -0.2) is 12.8 Å². The van der Waals surface area contributed by atoms with E-state index in [4.69, 9.17) is 27.0 Å². The Labute approximate surface area is 124 Å². The minimum absolute atomic E-state index is 0.103. The van der Waals surface area contributed by atoms with Crippen LogP contribution >= 0.6 is 22.3 Å². The Morgan fingerprint density at radius 3 is 2.45 bits per heavy atom. The van der Waals surface area contributed by atoms with Crippen LogP contribution in [0.5, 0.6) is 0 Å². The van der Waals surface area contributed by atoms with Crippen LogP contribution < -0.4 is 0 Å². The highest BCUT2D eigenvalue weighted by molar-refractivity contribution is 8.13. The molecule has 0 aromatic heterocycles. The van der Waals surface area contributed by atoms with Gasteiger partial charge in [0.05, 0.1) is 23.8 Å². The van der Waals surface area contributed by atoms with Crippen molar-refractivity contribution in [3.05, 3.63) is 28.5 Å². The first-order valence-corrected chi connectivity index (χ1v) is 8.30. The van der Waals surface area contributed by atoms with Crippen LogP contribution in [0.4, 0.5) is 4.39 Å². The van der Waals surface area contributed by atoms with Gasteiger partial charge in [-0.3, -0.25) is 4.79 Å². The molecule has 0 bridgehead atoms. The van der Waals surface area contributed by atoms with E-state index >= 15 is 0 Å². The van der Waals surface area contributed by atoms with Gasteiger partial charge in [0.15, 0.2) is 0 Å². The largest absolute Gasteiger partial charge is 0.378 e. The van der Waals surface area contributed by atoms with Gasteiger partial charge in [0.25, 0.3) is 15.0 Å². The fraction of sp³-hybridized carbons (Fsp3) is 0.364. The fourth-order valence-electron chi connectivity index (χ4n) is 1.82. The molecule has 0 aliphatic carbocycles. The third kappa shape index (κ3) is 3.22. The Balaban J connectivity index is 2.43. The maximum Gasteiger partial charge on any atom is 0.264 e. The minimum atomic E-state index is -4.29. The number of nitrogens with zero attached hydrogens (tertiary/aromatic N) is 1. The second-order valence-corrected chi connectivity index (χ2v) is 7.05. The van der Waals surface area contributed by atoms with E-state index in [0.29, 0.717) is 26.3 Å². The zero-order valence-electron chi connectivity index (χ0n) is 10.1. The Morgan fingerprint density at radius 1 is 1.30 bits per heavy atom. The molecule has 0 atom stereocenters. The zero-order valence-corrected chi connectivity index (χ0v) is 12.4. The third-order valence-corrected chi connectivity index (χ3v) is 4.46. The number of halogens is 3. The highest BCUT2D eigenvalue weighted by Gasteiger charge is 2.25. The van der Waals surface area contributed by atoms with Gasteiger partial charge in [0, 0.05) is 23.8 Å². The second-order valence-electron chi connectivity index (χ2n) is 4.10. The Bertz CT molecular complexity index is 644. The average molecular weight is 342 g/mol. The molecule has 20 heavy (non-hydrogen) atoms. The molecule has 1 aromatic carbocycles. The summed E-state index contributed by atoms with van der Waals surface area (Å²) in [4.78, 5) is 12.9. The maximum atomic E-state index is 13.5. The van der Waals surface area contributed by atoms with Gasteiger partial charge in [-0.05, 0) is 12.1 Å². The Hall–Kier alpha value is -0.890. The van der Waals surface area contributed by atoms with Crippen molar-refractivity contribution in [2.45, 2.75) is 4.90 Å². The number of morpholine rings is 1. The van der Waals surface area contributed by atoms with Crippen molar-refractivity contribution in [1.29, 1.82) is 0 Å². The number of benzene rings is 1. The third-order valence-electron chi connectivity index (χ3n) is 2.81. The molecule has 1 amide bonds. The highest BCUT2D eigenvalue weighted by Crippen LogP contribution is 2.27. The van der Waals surface area contributed by atoms with Crippen LogP contribution in [-0.4, -0.2) is 45.5 Å². The van der Waals surface area contributed by atoms with E-state index in [1.807, 2.05) is 0 Å². The molecule has 110 valence electrons. The summed E-state index contributed by atoms with van der Waals surface area (Å²) >= 11 is 5.81. The topological polar surface area (TPSA) is 63.7 Å². The van der Waals surface area contributed by atoms with Crippen molar-refractivity contribution in [2.75, 3.05) is 26.3 Å². The lowest BCUT2D eigenvalue weighted by molar-refractivity contribution is 0.0303. The molecule has 1 fully saturated rings. The molecule has 1 saturated heterocycles. The quantitative estimate of drug-likeness (QED) is 0.770. The van der Waals surface area contributed by atoms with Crippen molar-refractivity contribution in [3.8, 4) is 0 Å². The van der Waals surface area contributed by atoms with E-state index < -0.39 is 25.7 Å². The van der Waals surface area contributed by atoms with E-state index in [-0.39, 0.29) is 10.6 Å². The van der Waals surface area contributed by atoms with Crippen molar-refractivity contribution >= 4 is 37.2 Å². The van der Waals surface area contributed by atoms with Gasteiger partial charge in [-0.15, -0.1) is 0 Å². The average Bonchev–Trinajstić information content (AvgIpc) is 2.37. The van der Waals surface area contributed by atoms with Crippen LogP contribution in [0.2, 0.25) is 5.02 Å². The lowest BCUT2D eigenvalue weighted by Crippen LogP contribution is -2.40. The summed E-state index contributed by atoms with van der Waals surface area (Å²) in [5, 5.41) is -0.164. The first kappa shape index (κ1) is 15.5. The smallest absolute Gasteiger partial charge is 0.264 e. The summed E-state index contributed by atoms with van der Waals surface area (Å²) in [6.45, 7) is 1.47. The first-order chi connectivity index (χ1) is 9.30. The lowest BCUT2D eigenvalue weighted by Gasteiger charge is -2.27. The van der Waals surface area contributed by atoms with E-state index in [9.17, 15) is 17.6 Å². The van der Waals surface area contributed by atoms with Gasteiger partial charge in [0.2, 0.25) is 0 Å². The molecule has 2 rings (SSSR count). The molecule has 1 aliphatic rings. The predicted molar refractivity (Wildman–Crippen MR) is 71.2 cm³/mol. The molecule has 1 heterocycles. The second kappa shape index (κ2) is 5.85. The van der Waals surface area contributed by atoms with E-state index in [0.717, 1.165) is 12.1 Å². The molecular weight excluding hydrogens is 332 g/mol. The van der Waals surface area contributed by atoms with Gasteiger partial charge < -0.3 is 9.64 Å². The number of carbonyl (C=O) groups excluding carboxylic acids is 1. The van der Waals surface area contributed by atoms with E-state index in [1.165, 1.54) is 4.90 Å². The van der Waals surface area contributed by atoms with Crippen molar-refractivity contribution < 1.29 is 22.3 Å². The summed E-state index contributed by atoms with van der Waals surface area (Å²) in [7, 11) is 0.829. The number of carbonyl (C=O) groups is 1. The summed E-state index contributed by atoms with van der Waals surface area (Å²) in [5.41, 5.74) is -0.103. The number of hydrogen-bond acceptors (Lipinski definition) is 4. The normalized spacial score (nSPS) is 16.2. The van der Waals surface area contributed by atoms with Crippen molar-refractivity contribution in [2.24, 2.45) is 0 Å². The van der Waals surface area contributed by atoms with Gasteiger partial charge in [0.1, 0.15) is 10.7 Å². The standard InChI is InChI=1S/C11H10Cl2FNO4S/c12-8-6-9(14)10(20(13,17)18)5-7(8)11(16)15-1-3-19-4-2-15/h5-6H,1-4H2. The molecule has 1 aliphatic heterocycles. The predicted octanol–water partition coefficient (Wildman–Crippen LogP) is 1.88. The first-order valence-electron chi connectivity index (χ1n) is 5.61. The molecule has 0 saturated carbocycles. The van der Waals surface area contributed by atoms with Crippen LogP contribution in [0, 0.1) is 5.82 Å². The lowest BCUT2D eigenvalue weighted by atomic mass is 10.2. The number of ether oxygens (including phenoxy) is 1. The van der Waals surface area contributed by atoms with Crippen LogP contribution in [0.15, 0.2) is 17.0 Å². The Morgan fingerprint density at radius 2 is 1.90 bits per heavy atom. The zero-order chi connectivity index (χ0) is 14.9. The molecule has 0 spiro atoms. The fourth-order valence-corrected chi connectivity index (χ4v) is 2.95. The number of amides is 1. The summed E-state index contributed by atoms with van der Waals surface area (Å²) in [6, 6.07) is 1.63. The molecule has 0 radical (unpaired) electrons. The van der Waals surface area contributed by atoms with Crippen LogP contribution in [0.25, 0.3) is 0 Å². The monoisotopic (exact) mass is 341 g/mol. The Kier molecular flexibility index (Phi) is 4.53. The molecule has 0 N–H and O–H groups in total. The minimum Gasteiger partial charge on any atom is -0.378 e. The van der Waals surface area contributed by atoms with Crippen LogP contribution in [0.1, 0.15) is 10.4 Å². The summed E-state index contributed by atoms with van der Waals surface area (Å²) < 4.78 is 41.2. The SMILES string of the molecule is O=C(c1cc(S(=O)(=O)Cl)c(F)cc1Cl)N1CCOCC1. The van der Waals surface area contributed by atoms with Gasteiger partial charge in [-0.2, -0.15) is 0 Å². The van der Waals surface area contributed by atoms with Crippen LogP contribution in [0.3, 0.4) is 0 Å². The summed E-state index contributed by atoms with van der Waals surface area (Å²) in [5.74, 6) is -1.58. The van der Waals surface area contributed by atoms with Gasteiger partial charge >= 0.3 is 0 Å². The number of hydrogen-bond donors (Lipinski definition) is 0. The number of rotatable bonds is 2.